The smallest absolute Gasteiger partial charge is 0.282 e. The Morgan fingerprint density at radius 2 is 1.85 bits per heavy atom. The van der Waals surface area contributed by atoms with E-state index in [2.05, 4.69) is 29.6 Å². The van der Waals surface area contributed by atoms with Crippen molar-refractivity contribution >= 4 is 11.6 Å². The highest BCUT2D eigenvalue weighted by molar-refractivity contribution is 5.93. The highest BCUT2D eigenvalue weighted by Crippen LogP contribution is 2.17. The molecule has 2 aromatic carbocycles. The van der Waals surface area contributed by atoms with Crippen LogP contribution in [0.5, 0.6) is 0 Å². The molecule has 0 radical (unpaired) electrons. The van der Waals surface area contributed by atoms with Crippen molar-refractivity contribution in [2.75, 3.05) is 18.4 Å². The lowest BCUT2D eigenvalue weighted by Gasteiger charge is -2.32. The van der Waals surface area contributed by atoms with E-state index >= 15 is 0 Å². The van der Waals surface area contributed by atoms with Crippen LogP contribution >= 0.6 is 0 Å². The molecular formula is C21H25F2N2O+. The summed E-state index contributed by atoms with van der Waals surface area (Å²) in [5.74, 6) is -0.986. The minimum atomic E-state index is -0.748. The molecule has 0 bridgehead atoms. The van der Waals surface area contributed by atoms with Gasteiger partial charge in [0, 0.05) is 6.07 Å². The average molecular weight is 359 g/mol. The van der Waals surface area contributed by atoms with Crippen LogP contribution in [0.1, 0.15) is 25.3 Å². The van der Waals surface area contributed by atoms with E-state index in [0.29, 0.717) is 5.92 Å². The second kappa shape index (κ2) is 8.41. The number of nitrogens with one attached hydrogen (secondary N) is 2. The van der Waals surface area contributed by atoms with E-state index < -0.39 is 11.6 Å². The molecule has 5 heteroatoms. The van der Waals surface area contributed by atoms with Crippen LogP contribution in [0.15, 0.2) is 48.5 Å². The number of halogens is 2. The zero-order chi connectivity index (χ0) is 18.5. The summed E-state index contributed by atoms with van der Waals surface area (Å²) in [6.45, 7) is 3.72. The topological polar surface area (TPSA) is 33.5 Å². The number of carbonyl (C=O) groups is 1. The molecule has 1 fully saturated rings. The molecule has 1 atom stereocenters. The number of rotatable bonds is 5. The van der Waals surface area contributed by atoms with Crippen LogP contribution in [0.4, 0.5) is 14.5 Å². The number of hydrogen-bond acceptors (Lipinski definition) is 1. The normalized spacial score (nSPS) is 21.2. The summed E-state index contributed by atoms with van der Waals surface area (Å²) in [7, 11) is 0. The fraction of sp³-hybridized carbons (Fsp3) is 0.381. The first-order valence-electron chi connectivity index (χ1n) is 9.17. The summed E-state index contributed by atoms with van der Waals surface area (Å²) >= 11 is 0. The van der Waals surface area contributed by atoms with E-state index in [9.17, 15) is 13.6 Å². The van der Waals surface area contributed by atoms with Gasteiger partial charge >= 0.3 is 0 Å². The first kappa shape index (κ1) is 18.5. The molecule has 26 heavy (non-hydrogen) atoms. The quantitative estimate of drug-likeness (QED) is 0.846. The van der Waals surface area contributed by atoms with Crippen LogP contribution in [0.2, 0.25) is 0 Å². The summed E-state index contributed by atoms with van der Waals surface area (Å²) in [6.07, 6.45) is 3.23. The van der Waals surface area contributed by atoms with Crippen LogP contribution < -0.4 is 10.2 Å². The molecule has 0 aliphatic carbocycles. The predicted octanol–water partition coefficient (Wildman–Crippen LogP) is 2.83. The van der Waals surface area contributed by atoms with Crippen LogP contribution in [-0.4, -0.2) is 25.0 Å². The Bertz CT molecular complexity index is 743. The van der Waals surface area contributed by atoms with Crippen molar-refractivity contribution in [2.45, 2.75) is 32.2 Å². The number of quaternary nitrogens is 1. The zero-order valence-electron chi connectivity index (χ0n) is 15.0. The monoisotopic (exact) mass is 359 g/mol. The third-order valence-electron chi connectivity index (χ3n) is 5.31. The Morgan fingerprint density at radius 1 is 1.15 bits per heavy atom. The van der Waals surface area contributed by atoms with E-state index in [4.69, 9.17) is 0 Å². The SMILES string of the molecule is C[C@H](C(=O)Nc1ccc(F)cc1F)[NH+]1CCC(Cc2ccccc2)CC1. The minimum Gasteiger partial charge on any atom is -0.325 e. The Kier molecular flexibility index (Phi) is 5.99. The molecule has 3 nitrogen and oxygen atoms in total. The van der Waals surface area contributed by atoms with E-state index in [1.807, 2.05) is 13.0 Å². The van der Waals surface area contributed by atoms with Gasteiger partial charge in [0.05, 0.1) is 18.8 Å². The molecule has 138 valence electrons. The maximum absolute atomic E-state index is 13.7. The number of anilines is 1. The third-order valence-corrected chi connectivity index (χ3v) is 5.31. The summed E-state index contributed by atoms with van der Waals surface area (Å²) in [5.41, 5.74) is 1.39. The highest BCUT2D eigenvalue weighted by atomic mass is 19.1. The summed E-state index contributed by atoms with van der Waals surface area (Å²) in [5, 5.41) is 2.58. The average Bonchev–Trinajstić information content (AvgIpc) is 2.65. The van der Waals surface area contributed by atoms with Gasteiger partial charge in [0.2, 0.25) is 0 Å². The van der Waals surface area contributed by atoms with Gasteiger partial charge in [0.25, 0.3) is 5.91 Å². The molecule has 0 aromatic heterocycles. The van der Waals surface area contributed by atoms with Crippen molar-refractivity contribution in [2.24, 2.45) is 5.92 Å². The van der Waals surface area contributed by atoms with Gasteiger partial charge < -0.3 is 10.2 Å². The van der Waals surface area contributed by atoms with E-state index in [1.54, 1.807) is 0 Å². The second-order valence-corrected chi connectivity index (χ2v) is 7.13. The van der Waals surface area contributed by atoms with Gasteiger partial charge in [-0.25, -0.2) is 8.78 Å². The van der Waals surface area contributed by atoms with Gasteiger partial charge in [0.1, 0.15) is 11.6 Å². The largest absolute Gasteiger partial charge is 0.325 e. The third kappa shape index (κ3) is 4.67. The first-order chi connectivity index (χ1) is 12.5. The minimum absolute atomic E-state index is 0.0293. The molecule has 2 N–H and O–H groups in total. The van der Waals surface area contributed by atoms with Gasteiger partial charge in [-0.05, 0) is 49.8 Å². The molecule has 3 rings (SSSR count). The van der Waals surface area contributed by atoms with Gasteiger partial charge in [-0.2, -0.15) is 0 Å². The maximum Gasteiger partial charge on any atom is 0.282 e. The van der Waals surface area contributed by atoms with Gasteiger partial charge in [-0.1, -0.05) is 30.3 Å². The van der Waals surface area contributed by atoms with Gasteiger partial charge in [0.15, 0.2) is 6.04 Å². The fourth-order valence-electron chi connectivity index (χ4n) is 3.65. The number of amides is 1. The fourth-order valence-corrected chi connectivity index (χ4v) is 3.65. The molecule has 1 saturated heterocycles. The van der Waals surface area contributed by atoms with Crippen molar-refractivity contribution in [3.05, 3.63) is 65.7 Å². The Morgan fingerprint density at radius 3 is 2.50 bits per heavy atom. The summed E-state index contributed by atoms with van der Waals surface area (Å²) in [4.78, 5) is 13.6. The molecule has 1 amide bonds. The van der Waals surface area contributed by atoms with Crippen LogP contribution in [0.3, 0.4) is 0 Å². The molecule has 1 aliphatic heterocycles. The number of benzene rings is 2. The van der Waals surface area contributed by atoms with Crippen molar-refractivity contribution in [3.63, 3.8) is 0 Å². The molecular weight excluding hydrogens is 334 g/mol. The summed E-state index contributed by atoms with van der Waals surface area (Å²) in [6, 6.07) is 13.4. The number of likely N-dealkylation sites (tertiary alicyclic amines) is 1. The van der Waals surface area contributed by atoms with E-state index in [-0.39, 0.29) is 17.6 Å². The highest BCUT2D eigenvalue weighted by Gasteiger charge is 2.30. The summed E-state index contributed by atoms with van der Waals surface area (Å²) < 4.78 is 26.7. The first-order valence-corrected chi connectivity index (χ1v) is 9.17. The molecule has 0 saturated carbocycles. The zero-order valence-corrected chi connectivity index (χ0v) is 15.0. The van der Waals surface area contributed by atoms with Crippen molar-refractivity contribution in [1.29, 1.82) is 0 Å². The molecule has 1 aliphatic rings. The molecule has 0 spiro atoms. The number of carbonyl (C=O) groups excluding carboxylic acids is 1. The Balaban J connectivity index is 1.51. The van der Waals surface area contributed by atoms with Crippen LogP contribution in [0.25, 0.3) is 0 Å². The van der Waals surface area contributed by atoms with Crippen molar-refractivity contribution < 1.29 is 18.5 Å². The van der Waals surface area contributed by atoms with E-state index in [0.717, 1.165) is 44.5 Å². The molecule has 0 unspecified atom stereocenters. The van der Waals surface area contributed by atoms with Crippen molar-refractivity contribution in [1.82, 2.24) is 0 Å². The Labute approximate surface area is 153 Å². The van der Waals surface area contributed by atoms with Crippen LogP contribution in [-0.2, 0) is 11.2 Å². The standard InChI is InChI=1S/C21H24F2N2O/c1-15(21(26)24-20-8-7-18(22)14-19(20)23)25-11-9-17(10-12-25)13-16-5-3-2-4-6-16/h2-8,14-15,17H,9-13H2,1H3,(H,24,26)/p+1/t15-/m1/s1. The second-order valence-electron chi connectivity index (χ2n) is 7.13. The Hall–Kier alpha value is -2.27. The number of hydrogen-bond donors (Lipinski definition) is 2. The van der Waals surface area contributed by atoms with Crippen LogP contribution in [0, 0.1) is 17.6 Å². The maximum atomic E-state index is 13.7. The van der Waals surface area contributed by atoms with Gasteiger partial charge in [-0.15, -0.1) is 0 Å². The predicted molar refractivity (Wildman–Crippen MR) is 98.0 cm³/mol. The molecule has 2 aromatic rings. The van der Waals surface area contributed by atoms with E-state index in [1.165, 1.54) is 16.5 Å². The molecule has 1 heterocycles. The van der Waals surface area contributed by atoms with Gasteiger partial charge in [-0.3, -0.25) is 4.79 Å². The van der Waals surface area contributed by atoms with Crippen molar-refractivity contribution in [3.8, 4) is 0 Å². The lowest BCUT2D eigenvalue weighted by atomic mass is 9.89. The number of piperidine rings is 1. The lowest BCUT2D eigenvalue weighted by molar-refractivity contribution is -0.919. The lowest BCUT2D eigenvalue weighted by Crippen LogP contribution is -3.17.